The molecule has 8 aromatic rings. The number of pyridine rings is 2. The van der Waals surface area contributed by atoms with Gasteiger partial charge in [0.25, 0.3) is 0 Å². The molecule has 8 heterocycles. The van der Waals surface area contributed by atoms with Crippen LogP contribution in [0.4, 0.5) is 46.8 Å². The number of rotatable bonds is 10. The Morgan fingerprint density at radius 3 is 1.47 bits per heavy atom. The molecule has 364 valence electrons. The fourth-order valence-electron chi connectivity index (χ4n) is 9.05. The summed E-state index contributed by atoms with van der Waals surface area (Å²) in [5, 5.41) is 36.8. The first kappa shape index (κ1) is 47.8. The van der Waals surface area contributed by atoms with Crippen molar-refractivity contribution in [2.24, 2.45) is 14.1 Å². The van der Waals surface area contributed by atoms with Crippen LogP contribution in [0.5, 0.6) is 0 Å². The van der Waals surface area contributed by atoms with Gasteiger partial charge in [0.2, 0.25) is 11.9 Å². The molecular weight excluding hydrogens is 925 g/mol. The van der Waals surface area contributed by atoms with Crippen LogP contribution in [0.1, 0.15) is 48.1 Å². The van der Waals surface area contributed by atoms with E-state index in [0.29, 0.717) is 32.2 Å². The van der Waals surface area contributed by atoms with Gasteiger partial charge in [0.15, 0.2) is 17.3 Å². The zero-order valence-electron chi connectivity index (χ0n) is 37.9. The zero-order chi connectivity index (χ0) is 49.2. The molecule has 70 heavy (non-hydrogen) atoms. The lowest BCUT2D eigenvalue weighted by Crippen LogP contribution is -2.43. The minimum atomic E-state index is -4.70. The molecule has 2 saturated heterocycles. The molecule has 0 bridgehead atoms. The molecule has 6 aromatic heterocycles. The number of benzene rings is 2. The molecule has 14 nitrogen and oxygen atoms in total. The smallest absolute Gasteiger partial charge is 0.354 e. The number of aromatic nitrogens is 10. The summed E-state index contributed by atoms with van der Waals surface area (Å²) in [6.07, 6.45) is -2.08. The summed E-state index contributed by atoms with van der Waals surface area (Å²) in [6.45, 7) is 2.64. The second-order valence-electron chi connectivity index (χ2n) is 17.1. The first-order chi connectivity index (χ1) is 33.6. The highest BCUT2D eigenvalue weighted by atomic mass is 19.4. The zero-order valence-corrected chi connectivity index (χ0v) is 37.9. The third-order valence-corrected chi connectivity index (χ3v) is 12.7. The van der Waals surface area contributed by atoms with Crippen LogP contribution in [0, 0.1) is 11.9 Å². The highest BCUT2D eigenvalue weighted by Crippen LogP contribution is 2.36. The van der Waals surface area contributed by atoms with E-state index in [0.717, 1.165) is 100.0 Å². The van der Waals surface area contributed by atoms with E-state index in [-0.39, 0.29) is 36.3 Å². The molecule has 0 spiro atoms. The van der Waals surface area contributed by atoms with Crippen molar-refractivity contribution in [1.82, 2.24) is 60.6 Å². The van der Waals surface area contributed by atoms with Crippen molar-refractivity contribution in [1.29, 1.82) is 0 Å². The fourth-order valence-corrected chi connectivity index (χ4v) is 9.05. The van der Waals surface area contributed by atoms with Crippen molar-refractivity contribution in [2.45, 2.75) is 63.2 Å². The van der Waals surface area contributed by atoms with Gasteiger partial charge in [-0.15, -0.1) is 20.4 Å². The topological polar surface area (TPSA) is 144 Å². The van der Waals surface area contributed by atoms with Gasteiger partial charge in [-0.25, -0.2) is 9.97 Å². The number of halogens is 8. The minimum absolute atomic E-state index is 0.0188. The Morgan fingerprint density at radius 1 is 0.557 bits per heavy atom. The van der Waals surface area contributed by atoms with E-state index in [4.69, 9.17) is 0 Å². The maximum absolute atomic E-state index is 13.3. The largest absolute Gasteiger partial charge is 0.433 e. The van der Waals surface area contributed by atoms with Crippen molar-refractivity contribution >= 4 is 33.2 Å². The van der Waals surface area contributed by atoms with Gasteiger partial charge in [0.1, 0.15) is 11.4 Å². The van der Waals surface area contributed by atoms with Crippen LogP contribution in [0.25, 0.3) is 44.3 Å². The predicted octanol–water partition coefficient (Wildman–Crippen LogP) is 8.68. The molecular formula is C48H46F8N14. The number of hydrogen-bond acceptors (Lipinski definition) is 12. The van der Waals surface area contributed by atoms with Crippen LogP contribution < -0.4 is 20.4 Å². The number of nitrogens with zero attached hydrogens (tertiary/aromatic N) is 12. The van der Waals surface area contributed by atoms with E-state index in [1.54, 1.807) is 21.8 Å². The predicted molar refractivity (Wildman–Crippen MR) is 246 cm³/mol. The van der Waals surface area contributed by atoms with Crippen LogP contribution in [0.15, 0.2) is 97.5 Å². The first-order valence-corrected chi connectivity index (χ1v) is 22.5. The number of alkyl halides is 6. The van der Waals surface area contributed by atoms with Crippen LogP contribution in [-0.4, -0.2) is 88.2 Å². The number of nitrogens with one attached hydrogen (secondary N) is 2. The number of hydrogen-bond donors (Lipinski definition) is 2. The summed E-state index contributed by atoms with van der Waals surface area (Å²) in [7, 11) is 3.72. The summed E-state index contributed by atoms with van der Waals surface area (Å²) in [4.78, 5) is 10.8. The van der Waals surface area contributed by atoms with Crippen molar-refractivity contribution in [2.75, 3.05) is 36.0 Å². The average Bonchev–Trinajstić information content (AvgIpc) is 3.99. The van der Waals surface area contributed by atoms with Gasteiger partial charge in [0.05, 0.1) is 17.0 Å². The summed E-state index contributed by atoms with van der Waals surface area (Å²) >= 11 is 0. The Kier molecular flexibility index (Phi) is 13.7. The normalized spacial score (nSPS) is 15.2. The summed E-state index contributed by atoms with van der Waals surface area (Å²) < 4.78 is 109. The van der Waals surface area contributed by atoms with E-state index < -0.39 is 35.5 Å². The lowest BCUT2D eigenvalue weighted by Gasteiger charge is -2.33. The van der Waals surface area contributed by atoms with Gasteiger partial charge >= 0.3 is 12.4 Å². The third-order valence-electron chi connectivity index (χ3n) is 12.7. The van der Waals surface area contributed by atoms with Crippen molar-refractivity contribution in [3.63, 3.8) is 0 Å². The summed E-state index contributed by atoms with van der Waals surface area (Å²) in [5.74, 6) is -0.714. The molecule has 0 amide bonds. The van der Waals surface area contributed by atoms with E-state index in [2.05, 4.69) is 61.0 Å². The Hall–Kier alpha value is -7.20. The molecule has 0 aliphatic carbocycles. The molecule has 0 atom stereocenters. The minimum Gasteiger partial charge on any atom is -0.354 e. The van der Waals surface area contributed by atoms with Crippen LogP contribution >= 0.6 is 0 Å². The Morgan fingerprint density at radius 2 is 1.03 bits per heavy atom. The molecule has 2 aliphatic heterocycles. The standard InChI is InChI=1S/2C24H23F4N7/c1-34-20(6-9-31-34)22-17-4-2-3-5-18(17)23(33-32-22)35-10-7-16(8-11-35)29-13-15-14-30-21(25)12-19(15)24(26,27)28;1-34-19(8-11-30-34)21-17-4-2-3-5-18(17)23(33-32-21)35-12-9-16(10-13-35)29-14-15-6-7-20(25)31-22(15)24(26,27)28/h2-6,9,12,14,16,29H,7-8,10-11,13H2,1H3;2-8,11,16,29H,9-10,12-14H2,1H3. The molecule has 0 radical (unpaired) electrons. The fraction of sp³-hybridized carbons (Fsp3) is 0.333. The van der Waals surface area contributed by atoms with Gasteiger partial charge in [-0.3, -0.25) is 9.36 Å². The van der Waals surface area contributed by atoms with Crippen LogP contribution in [-0.2, 0) is 39.5 Å². The van der Waals surface area contributed by atoms with Gasteiger partial charge in [-0.05, 0) is 55.0 Å². The van der Waals surface area contributed by atoms with E-state index in [1.807, 2.05) is 74.8 Å². The Balaban J connectivity index is 0.000000174. The summed E-state index contributed by atoms with van der Waals surface area (Å²) in [6, 6.07) is 22.3. The molecule has 0 saturated carbocycles. The van der Waals surface area contributed by atoms with Gasteiger partial charge in [-0.1, -0.05) is 54.6 Å². The van der Waals surface area contributed by atoms with Crippen molar-refractivity contribution in [3.05, 3.63) is 132 Å². The Labute approximate surface area is 395 Å². The van der Waals surface area contributed by atoms with Crippen LogP contribution in [0.2, 0.25) is 0 Å². The van der Waals surface area contributed by atoms with E-state index >= 15 is 0 Å². The molecule has 2 aliphatic rings. The van der Waals surface area contributed by atoms with E-state index in [9.17, 15) is 35.1 Å². The van der Waals surface area contributed by atoms with Crippen molar-refractivity contribution < 1.29 is 35.1 Å². The average molecular weight is 971 g/mol. The maximum Gasteiger partial charge on any atom is 0.433 e. The second kappa shape index (κ2) is 20.0. The van der Waals surface area contributed by atoms with Gasteiger partial charge in [-0.2, -0.15) is 45.3 Å². The van der Waals surface area contributed by atoms with Crippen molar-refractivity contribution in [3.8, 4) is 22.8 Å². The highest BCUT2D eigenvalue weighted by molar-refractivity contribution is 6.00. The van der Waals surface area contributed by atoms with E-state index in [1.165, 1.54) is 0 Å². The lowest BCUT2D eigenvalue weighted by atomic mass is 10.0. The lowest BCUT2D eigenvalue weighted by molar-refractivity contribution is -0.142. The molecule has 10 rings (SSSR count). The molecule has 2 N–H and O–H groups in total. The number of anilines is 2. The van der Waals surface area contributed by atoms with Crippen LogP contribution in [0.3, 0.4) is 0 Å². The molecule has 0 unspecified atom stereocenters. The summed E-state index contributed by atoms with van der Waals surface area (Å²) in [5.41, 5.74) is 0.952. The number of fused-ring (bicyclic) bond motifs is 2. The third kappa shape index (κ3) is 10.4. The number of piperidine rings is 2. The SMILES string of the molecule is Cn1nccc1-c1nnc(N2CCC(NCc3ccc(F)nc3C(F)(F)F)CC2)c2ccccc12.Cn1nccc1-c1nnc(N2CCC(NCc3cnc(F)cc3C(F)(F)F)CC2)c2ccccc12. The number of aryl methyl sites for hydroxylation is 2. The van der Waals surface area contributed by atoms with Gasteiger partial charge < -0.3 is 20.4 Å². The highest BCUT2D eigenvalue weighted by Gasteiger charge is 2.37. The second-order valence-corrected chi connectivity index (χ2v) is 17.1. The quantitative estimate of drug-likeness (QED) is 0.100. The molecule has 22 heteroatoms. The molecule has 2 fully saturated rings. The molecule has 2 aromatic carbocycles. The Bertz CT molecular complexity index is 2890. The maximum atomic E-state index is 13.3. The van der Waals surface area contributed by atoms with Gasteiger partial charge in [0, 0.05) is 112 Å². The monoisotopic (exact) mass is 970 g/mol. The first-order valence-electron chi connectivity index (χ1n) is 22.5.